The third-order valence-corrected chi connectivity index (χ3v) is 3.76. The standard InChI is InChI=1S/C20H17NO5/c1-24-19-18(23)15(12-21-20(19)25-2)17(22)14-10-6-7-11-16(14)26-13-8-4-3-5-9-13/h3-12H,1-2H3,(H,21,23). The zero-order valence-electron chi connectivity index (χ0n) is 14.3. The Morgan fingerprint density at radius 2 is 1.58 bits per heavy atom. The maximum absolute atomic E-state index is 12.9. The highest BCUT2D eigenvalue weighted by atomic mass is 16.5. The van der Waals surface area contributed by atoms with Gasteiger partial charge in [-0.3, -0.25) is 9.59 Å². The van der Waals surface area contributed by atoms with Crippen molar-refractivity contribution in [3.05, 3.63) is 82.1 Å². The van der Waals surface area contributed by atoms with E-state index >= 15 is 0 Å². The Hall–Kier alpha value is -3.54. The van der Waals surface area contributed by atoms with Crippen LogP contribution in [0.1, 0.15) is 15.9 Å². The SMILES string of the molecule is COc1[nH]cc(C(=O)c2ccccc2Oc2ccccc2)c(=O)c1OC. The molecule has 132 valence electrons. The van der Waals surface area contributed by atoms with Crippen molar-refractivity contribution in [2.24, 2.45) is 0 Å². The second kappa shape index (κ2) is 7.57. The number of hydrogen-bond donors (Lipinski definition) is 1. The van der Waals surface area contributed by atoms with Crippen LogP contribution in [0, 0.1) is 0 Å². The van der Waals surface area contributed by atoms with Gasteiger partial charge < -0.3 is 19.2 Å². The molecule has 0 fully saturated rings. The molecule has 1 heterocycles. The summed E-state index contributed by atoms with van der Waals surface area (Å²) in [6, 6.07) is 15.8. The van der Waals surface area contributed by atoms with Gasteiger partial charge in [0.25, 0.3) is 0 Å². The quantitative estimate of drug-likeness (QED) is 0.689. The predicted octanol–water partition coefficient (Wildman–Crippen LogP) is 3.42. The van der Waals surface area contributed by atoms with Gasteiger partial charge in [-0.25, -0.2) is 0 Å². The van der Waals surface area contributed by atoms with E-state index < -0.39 is 11.2 Å². The number of carbonyl (C=O) groups is 1. The van der Waals surface area contributed by atoms with Crippen LogP contribution in [0.25, 0.3) is 0 Å². The van der Waals surface area contributed by atoms with Crippen molar-refractivity contribution in [3.8, 4) is 23.1 Å². The summed E-state index contributed by atoms with van der Waals surface area (Å²) in [5, 5.41) is 0. The van der Waals surface area contributed by atoms with Gasteiger partial charge in [0.1, 0.15) is 11.5 Å². The van der Waals surface area contributed by atoms with Crippen LogP contribution in [0.15, 0.2) is 65.6 Å². The van der Waals surface area contributed by atoms with Crippen LogP contribution in [0.4, 0.5) is 0 Å². The van der Waals surface area contributed by atoms with Crippen LogP contribution < -0.4 is 19.6 Å². The van der Waals surface area contributed by atoms with E-state index in [9.17, 15) is 9.59 Å². The molecule has 6 heteroatoms. The lowest BCUT2D eigenvalue weighted by Crippen LogP contribution is -2.19. The van der Waals surface area contributed by atoms with E-state index in [0.717, 1.165) is 0 Å². The molecule has 0 aliphatic heterocycles. The zero-order chi connectivity index (χ0) is 18.5. The Bertz CT molecular complexity index is 979. The molecule has 6 nitrogen and oxygen atoms in total. The smallest absolute Gasteiger partial charge is 0.238 e. The molecule has 0 saturated carbocycles. The largest absolute Gasteiger partial charge is 0.488 e. The first-order chi connectivity index (χ1) is 12.7. The van der Waals surface area contributed by atoms with Gasteiger partial charge in [-0.05, 0) is 24.3 Å². The predicted molar refractivity (Wildman–Crippen MR) is 96.6 cm³/mol. The molecule has 0 aliphatic rings. The van der Waals surface area contributed by atoms with E-state index in [2.05, 4.69) is 4.98 Å². The molecule has 0 aliphatic carbocycles. The number of methoxy groups -OCH3 is 2. The van der Waals surface area contributed by atoms with Crippen LogP contribution in [0.5, 0.6) is 23.1 Å². The highest BCUT2D eigenvalue weighted by Gasteiger charge is 2.22. The minimum Gasteiger partial charge on any atom is -0.488 e. The first-order valence-corrected chi connectivity index (χ1v) is 7.86. The fourth-order valence-corrected chi connectivity index (χ4v) is 2.50. The monoisotopic (exact) mass is 351 g/mol. The second-order valence-corrected chi connectivity index (χ2v) is 5.34. The molecule has 26 heavy (non-hydrogen) atoms. The summed E-state index contributed by atoms with van der Waals surface area (Å²) in [6.07, 6.45) is 1.31. The van der Waals surface area contributed by atoms with Crippen molar-refractivity contribution in [2.75, 3.05) is 14.2 Å². The third-order valence-electron chi connectivity index (χ3n) is 3.76. The lowest BCUT2D eigenvalue weighted by atomic mass is 10.0. The molecule has 0 amide bonds. The van der Waals surface area contributed by atoms with Gasteiger partial charge in [0, 0.05) is 6.20 Å². The van der Waals surface area contributed by atoms with Crippen LogP contribution in [-0.2, 0) is 0 Å². The number of benzene rings is 2. The van der Waals surface area contributed by atoms with Crippen molar-refractivity contribution >= 4 is 5.78 Å². The van der Waals surface area contributed by atoms with Crippen LogP contribution >= 0.6 is 0 Å². The van der Waals surface area contributed by atoms with Crippen molar-refractivity contribution in [1.29, 1.82) is 0 Å². The minimum absolute atomic E-state index is 0.0557. The van der Waals surface area contributed by atoms with E-state index in [0.29, 0.717) is 11.5 Å². The fourth-order valence-electron chi connectivity index (χ4n) is 2.50. The fraction of sp³-hybridized carbons (Fsp3) is 0.100. The van der Waals surface area contributed by atoms with E-state index in [1.165, 1.54) is 20.4 Å². The Morgan fingerprint density at radius 1 is 0.885 bits per heavy atom. The molecule has 3 rings (SSSR count). The minimum atomic E-state index is -0.553. The Balaban J connectivity index is 2.03. The van der Waals surface area contributed by atoms with Crippen molar-refractivity contribution in [2.45, 2.75) is 0 Å². The summed E-state index contributed by atoms with van der Waals surface area (Å²) < 4.78 is 15.9. The zero-order valence-corrected chi connectivity index (χ0v) is 14.3. The van der Waals surface area contributed by atoms with Crippen LogP contribution in [0.2, 0.25) is 0 Å². The highest BCUT2D eigenvalue weighted by molar-refractivity contribution is 6.10. The summed E-state index contributed by atoms with van der Waals surface area (Å²) in [7, 11) is 2.74. The van der Waals surface area contributed by atoms with Gasteiger partial charge in [0.2, 0.25) is 22.8 Å². The van der Waals surface area contributed by atoms with Gasteiger partial charge in [0.15, 0.2) is 0 Å². The maximum atomic E-state index is 12.9. The molecule has 0 spiro atoms. The molecule has 0 radical (unpaired) electrons. The van der Waals surface area contributed by atoms with Crippen molar-refractivity contribution in [1.82, 2.24) is 4.98 Å². The summed E-state index contributed by atoms with van der Waals surface area (Å²) in [4.78, 5) is 28.3. The van der Waals surface area contributed by atoms with Gasteiger partial charge >= 0.3 is 0 Å². The number of hydrogen-bond acceptors (Lipinski definition) is 5. The summed E-state index contributed by atoms with van der Waals surface area (Å²) >= 11 is 0. The molecule has 1 N–H and O–H groups in total. The number of rotatable bonds is 6. The normalized spacial score (nSPS) is 10.2. The maximum Gasteiger partial charge on any atom is 0.238 e. The summed E-state index contributed by atoms with van der Waals surface area (Å²) in [5.74, 6) is 0.577. The van der Waals surface area contributed by atoms with Crippen LogP contribution in [0.3, 0.4) is 0 Å². The molecule has 0 atom stereocenters. The first kappa shape index (κ1) is 17.3. The van der Waals surface area contributed by atoms with Gasteiger partial charge in [-0.1, -0.05) is 30.3 Å². The number of H-pyrrole nitrogens is 1. The van der Waals surface area contributed by atoms with Crippen molar-refractivity contribution in [3.63, 3.8) is 0 Å². The lowest BCUT2D eigenvalue weighted by molar-refractivity contribution is 0.103. The summed E-state index contributed by atoms with van der Waals surface area (Å²) in [5.41, 5.74) is -0.344. The first-order valence-electron chi connectivity index (χ1n) is 7.86. The van der Waals surface area contributed by atoms with Crippen molar-refractivity contribution < 1.29 is 19.0 Å². The number of carbonyl (C=O) groups excluding carboxylic acids is 1. The molecule has 1 aromatic heterocycles. The number of aromatic amines is 1. The van der Waals surface area contributed by atoms with E-state index in [1.54, 1.807) is 36.4 Å². The van der Waals surface area contributed by atoms with Crippen LogP contribution in [-0.4, -0.2) is 25.0 Å². The Morgan fingerprint density at radius 3 is 2.27 bits per heavy atom. The number of nitrogens with one attached hydrogen (secondary N) is 1. The molecule has 2 aromatic carbocycles. The molecule has 0 bridgehead atoms. The van der Waals surface area contributed by atoms with E-state index in [4.69, 9.17) is 14.2 Å². The number of ketones is 1. The average Bonchev–Trinajstić information content (AvgIpc) is 2.68. The van der Waals surface area contributed by atoms with E-state index in [-0.39, 0.29) is 22.8 Å². The summed E-state index contributed by atoms with van der Waals surface area (Å²) in [6.45, 7) is 0. The number of aromatic nitrogens is 1. The lowest BCUT2D eigenvalue weighted by Gasteiger charge is -2.11. The van der Waals surface area contributed by atoms with Gasteiger partial charge in [-0.15, -0.1) is 0 Å². The molecule has 3 aromatic rings. The molecule has 0 saturated heterocycles. The molecular formula is C20H17NO5. The Labute approximate surface area is 150 Å². The number of para-hydroxylation sites is 2. The third kappa shape index (κ3) is 3.30. The molecule has 0 unspecified atom stereocenters. The van der Waals surface area contributed by atoms with Gasteiger partial charge in [-0.2, -0.15) is 0 Å². The topological polar surface area (TPSA) is 77.6 Å². The second-order valence-electron chi connectivity index (χ2n) is 5.34. The number of pyridine rings is 1. The number of ether oxygens (including phenoxy) is 3. The van der Waals surface area contributed by atoms with E-state index in [1.807, 2.05) is 18.2 Å². The Kier molecular flexibility index (Phi) is 5.03. The average molecular weight is 351 g/mol. The highest BCUT2D eigenvalue weighted by Crippen LogP contribution is 2.27. The molecular weight excluding hydrogens is 334 g/mol. The van der Waals surface area contributed by atoms with Gasteiger partial charge in [0.05, 0.1) is 25.3 Å².